The maximum absolute atomic E-state index is 11.9. The van der Waals surface area contributed by atoms with Gasteiger partial charge in [0.05, 0.1) is 13.0 Å². The van der Waals surface area contributed by atoms with Crippen molar-refractivity contribution < 1.29 is 14.3 Å². The number of hydrogen-bond donors (Lipinski definition) is 0. The molecule has 0 saturated heterocycles. The van der Waals surface area contributed by atoms with Crippen molar-refractivity contribution in [3.63, 3.8) is 0 Å². The van der Waals surface area contributed by atoms with Crippen LogP contribution in [0.4, 0.5) is 0 Å². The van der Waals surface area contributed by atoms with E-state index in [1.54, 1.807) is 0 Å². The summed E-state index contributed by atoms with van der Waals surface area (Å²) < 4.78 is 11.0. The number of carbonyl (C=O) groups excluding carboxylic acids is 1. The Balaban J connectivity index is 2.01. The number of carbonyl (C=O) groups is 1. The zero-order valence-electron chi connectivity index (χ0n) is 11.3. The molecule has 0 spiro atoms. The van der Waals surface area contributed by atoms with Crippen LogP contribution >= 0.6 is 0 Å². The van der Waals surface area contributed by atoms with Crippen LogP contribution in [-0.2, 0) is 9.53 Å². The summed E-state index contributed by atoms with van der Waals surface area (Å²) in [4.78, 5) is 11.9. The molecule has 0 bridgehead atoms. The van der Waals surface area contributed by atoms with Crippen LogP contribution in [0.3, 0.4) is 0 Å². The minimum absolute atomic E-state index is 0.00444. The first-order valence-corrected chi connectivity index (χ1v) is 6.81. The lowest BCUT2D eigenvalue weighted by Gasteiger charge is -2.27. The van der Waals surface area contributed by atoms with Crippen LogP contribution in [0, 0.1) is 0 Å². The molecule has 0 fully saturated rings. The molecule has 102 valence electrons. The highest BCUT2D eigenvalue weighted by Gasteiger charge is 2.28. The van der Waals surface area contributed by atoms with Gasteiger partial charge in [0.1, 0.15) is 11.5 Å². The summed E-state index contributed by atoms with van der Waals surface area (Å²) in [6.45, 7) is 2.23. The Morgan fingerprint density at radius 2 is 1.60 bits per heavy atom. The molecule has 1 aliphatic rings. The van der Waals surface area contributed by atoms with E-state index < -0.39 is 0 Å². The van der Waals surface area contributed by atoms with E-state index in [0.29, 0.717) is 13.0 Å². The molecule has 20 heavy (non-hydrogen) atoms. The largest absolute Gasteiger partial charge is 0.466 e. The molecule has 0 aliphatic carbocycles. The van der Waals surface area contributed by atoms with Crippen LogP contribution in [0.1, 0.15) is 30.4 Å². The number of para-hydroxylation sites is 2. The maximum Gasteiger partial charge on any atom is 0.306 e. The monoisotopic (exact) mass is 268 g/mol. The summed E-state index contributed by atoms with van der Waals surface area (Å²) in [6, 6.07) is 15.7. The summed E-state index contributed by atoms with van der Waals surface area (Å²) >= 11 is 0. The third kappa shape index (κ3) is 2.27. The van der Waals surface area contributed by atoms with Gasteiger partial charge in [0, 0.05) is 17.0 Å². The fourth-order valence-electron chi connectivity index (χ4n) is 2.62. The molecule has 1 aliphatic heterocycles. The highest BCUT2D eigenvalue weighted by molar-refractivity contribution is 5.72. The van der Waals surface area contributed by atoms with Gasteiger partial charge < -0.3 is 9.47 Å². The van der Waals surface area contributed by atoms with Gasteiger partial charge >= 0.3 is 5.97 Å². The van der Waals surface area contributed by atoms with Gasteiger partial charge in [0.15, 0.2) is 0 Å². The van der Waals surface area contributed by atoms with E-state index in [4.69, 9.17) is 9.47 Å². The second kappa shape index (κ2) is 5.37. The Hall–Kier alpha value is -2.29. The highest BCUT2D eigenvalue weighted by Crippen LogP contribution is 2.45. The molecule has 0 atom stereocenters. The molecule has 0 saturated carbocycles. The van der Waals surface area contributed by atoms with Crippen LogP contribution in [0.2, 0.25) is 0 Å². The van der Waals surface area contributed by atoms with E-state index in [0.717, 1.165) is 22.6 Å². The van der Waals surface area contributed by atoms with E-state index in [9.17, 15) is 4.79 Å². The zero-order chi connectivity index (χ0) is 13.9. The van der Waals surface area contributed by atoms with Crippen LogP contribution in [0.15, 0.2) is 48.5 Å². The fourth-order valence-corrected chi connectivity index (χ4v) is 2.62. The summed E-state index contributed by atoms with van der Waals surface area (Å²) in [6.07, 6.45) is 0.339. The first-order chi connectivity index (χ1) is 9.79. The predicted molar refractivity (Wildman–Crippen MR) is 76.1 cm³/mol. The van der Waals surface area contributed by atoms with Gasteiger partial charge in [-0.25, -0.2) is 0 Å². The molecule has 1 heterocycles. The molecular formula is C17H16O3. The summed E-state index contributed by atoms with van der Waals surface area (Å²) in [7, 11) is 0. The molecule has 3 nitrogen and oxygen atoms in total. The van der Waals surface area contributed by atoms with E-state index in [1.807, 2.05) is 55.5 Å². The number of ether oxygens (including phenoxy) is 2. The standard InChI is InChI=1S/C17H16O3/c1-2-19-17(18)11-14-12-7-3-5-9-15(12)20-16-10-6-4-8-13(14)16/h3-10,14H,2,11H2,1H3. The Morgan fingerprint density at radius 1 is 1.05 bits per heavy atom. The summed E-state index contributed by atoms with van der Waals surface area (Å²) in [5.41, 5.74) is 2.08. The minimum Gasteiger partial charge on any atom is -0.466 e. The van der Waals surface area contributed by atoms with Crippen molar-refractivity contribution in [3.8, 4) is 11.5 Å². The molecule has 0 N–H and O–H groups in total. The van der Waals surface area contributed by atoms with Crippen LogP contribution in [0.25, 0.3) is 0 Å². The lowest BCUT2D eigenvalue weighted by atomic mass is 9.85. The quantitative estimate of drug-likeness (QED) is 0.792. The topological polar surface area (TPSA) is 35.5 Å². The molecule has 0 radical (unpaired) electrons. The van der Waals surface area contributed by atoms with Gasteiger partial charge in [-0.15, -0.1) is 0 Å². The number of esters is 1. The molecule has 3 heteroatoms. The van der Waals surface area contributed by atoms with Crippen molar-refractivity contribution in [2.75, 3.05) is 6.61 Å². The molecule has 2 aromatic rings. The average Bonchev–Trinajstić information content (AvgIpc) is 2.47. The molecule has 2 aromatic carbocycles. The van der Waals surface area contributed by atoms with E-state index in [-0.39, 0.29) is 11.9 Å². The fraction of sp³-hybridized carbons (Fsp3) is 0.235. The van der Waals surface area contributed by atoms with Crippen molar-refractivity contribution in [2.45, 2.75) is 19.3 Å². The lowest BCUT2D eigenvalue weighted by Crippen LogP contribution is -2.15. The molecule has 3 rings (SSSR count). The summed E-state index contributed by atoms with van der Waals surface area (Å²) in [5.74, 6) is 1.46. The Bertz CT molecular complexity index is 588. The minimum atomic E-state index is -0.177. The number of rotatable bonds is 3. The molecular weight excluding hydrogens is 252 g/mol. The van der Waals surface area contributed by atoms with Crippen molar-refractivity contribution >= 4 is 5.97 Å². The normalized spacial score (nSPS) is 13.1. The van der Waals surface area contributed by atoms with Gasteiger partial charge in [-0.3, -0.25) is 4.79 Å². The zero-order valence-corrected chi connectivity index (χ0v) is 11.3. The van der Waals surface area contributed by atoms with Crippen LogP contribution in [-0.4, -0.2) is 12.6 Å². The van der Waals surface area contributed by atoms with Crippen molar-refractivity contribution in [2.24, 2.45) is 0 Å². The second-order valence-corrected chi connectivity index (χ2v) is 4.74. The third-order valence-corrected chi connectivity index (χ3v) is 3.48. The van der Waals surface area contributed by atoms with Crippen molar-refractivity contribution in [3.05, 3.63) is 59.7 Å². The highest BCUT2D eigenvalue weighted by atomic mass is 16.5. The van der Waals surface area contributed by atoms with Crippen molar-refractivity contribution in [1.29, 1.82) is 0 Å². The number of hydrogen-bond acceptors (Lipinski definition) is 3. The molecule has 0 aromatic heterocycles. The maximum atomic E-state index is 11.9. The van der Waals surface area contributed by atoms with E-state index >= 15 is 0 Å². The first-order valence-electron chi connectivity index (χ1n) is 6.81. The predicted octanol–water partition coefficient (Wildman–Crippen LogP) is 3.88. The Labute approximate surface area is 118 Å². The Kier molecular flexibility index (Phi) is 3.42. The van der Waals surface area contributed by atoms with Crippen LogP contribution < -0.4 is 4.74 Å². The molecule has 0 amide bonds. The third-order valence-electron chi connectivity index (χ3n) is 3.48. The summed E-state index contributed by atoms with van der Waals surface area (Å²) in [5, 5.41) is 0. The van der Waals surface area contributed by atoms with Gasteiger partial charge in [-0.2, -0.15) is 0 Å². The SMILES string of the molecule is CCOC(=O)CC1c2ccccc2Oc2ccccc21. The Morgan fingerprint density at radius 3 is 2.15 bits per heavy atom. The average molecular weight is 268 g/mol. The molecule has 0 unspecified atom stereocenters. The first kappa shape index (κ1) is 12.7. The van der Waals surface area contributed by atoms with Gasteiger partial charge in [0.25, 0.3) is 0 Å². The van der Waals surface area contributed by atoms with E-state index in [1.165, 1.54) is 0 Å². The van der Waals surface area contributed by atoms with E-state index in [2.05, 4.69) is 0 Å². The number of fused-ring (bicyclic) bond motifs is 2. The van der Waals surface area contributed by atoms with Gasteiger partial charge in [0.2, 0.25) is 0 Å². The number of benzene rings is 2. The van der Waals surface area contributed by atoms with Crippen LogP contribution in [0.5, 0.6) is 11.5 Å². The smallest absolute Gasteiger partial charge is 0.306 e. The van der Waals surface area contributed by atoms with Gasteiger partial charge in [-0.05, 0) is 19.1 Å². The van der Waals surface area contributed by atoms with Gasteiger partial charge in [-0.1, -0.05) is 36.4 Å². The lowest BCUT2D eigenvalue weighted by molar-refractivity contribution is -0.143. The second-order valence-electron chi connectivity index (χ2n) is 4.74. The van der Waals surface area contributed by atoms with Crippen molar-refractivity contribution in [1.82, 2.24) is 0 Å².